The molecule has 0 unspecified atom stereocenters. The number of nitrogens with one attached hydrogen (secondary N) is 1. The lowest BCUT2D eigenvalue weighted by molar-refractivity contribution is -0.126. The second-order valence-corrected chi connectivity index (χ2v) is 8.18. The SMILES string of the molecule is C[C@H](C(=O)NC1CC1)N1CCN(C(=O)c2sccc2C2CC2)CC1. The molecule has 6 heteroatoms. The molecule has 0 spiro atoms. The first-order valence-corrected chi connectivity index (χ1v) is 9.92. The summed E-state index contributed by atoms with van der Waals surface area (Å²) in [6.07, 6.45) is 4.67. The van der Waals surface area contributed by atoms with Crippen LogP contribution in [0.25, 0.3) is 0 Å². The third kappa shape index (κ3) is 3.35. The molecule has 5 nitrogen and oxygen atoms in total. The smallest absolute Gasteiger partial charge is 0.264 e. The third-order valence-corrected chi connectivity index (χ3v) is 6.28. The zero-order valence-electron chi connectivity index (χ0n) is 14.2. The molecule has 24 heavy (non-hydrogen) atoms. The van der Waals surface area contributed by atoms with E-state index in [0.29, 0.717) is 25.0 Å². The number of carbonyl (C=O) groups excluding carboxylic acids is 2. The summed E-state index contributed by atoms with van der Waals surface area (Å²) in [4.78, 5) is 30.1. The average molecular weight is 347 g/mol. The Kier molecular flexibility index (Phi) is 4.35. The minimum atomic E-state index is -0.105. The number of piperazine rings is 1. The van der Waals surface area contributed by atoms with Crippen LogP contribution < -0.4 is 5.32 Å². The molecule has 1 saturated heterocycles. The highest BCUT2D eigenvalue weighted by atomic mass is 32.1. The summed E-state index contributed by atoms with van der Waals surface area (Å²) in [5, 5.41) is 5.12. The molecule has 0 radical (unpaired) electrons. The van der Waals surface area contributed by atoms with Crippen LogP contribution in [0, 0.1) is 0 Å². The predicted octanol–water partition coefficient (Wildman–Crippen LogP) is 2.05. The number of carbonyl (C=O) groups is 2. The Morgan fingerprint density at radius 3 is 2.50 bits per heavy atom. The van der Waals surface area contributed by atoms with Crippen LogP contribution in [0.3, 0.4) is 0 Å². The van der Waals surface area contributed by atoms with E-state index < -0.39 is 0 Å². The Hall–Kier alpha value is -1.40. The van der Waals surface area contributed by atoms with Gasteiger partial charge in [0, 0.05) is 32.2 Å². The van der Waals surface area contributed by atoms with Gasteiger partial charge >= 0.3 is 0 Å². The lowest BCUT2D eigenvalue weighted by Gasteiger charge is -2.37. The van der Waals surface area contributed by atoms with E-state index in [1.54, 1.807) is 11.3 Å². The van der Waals surface area contributed by atoms with E-state index in [4.69, 9.17) is 0 Å². The quantitative estimate of drug-likeness (QED) is 0.887. The number of thiophene rings is 1. The van der Waals surface area contributed by atoms with Crippen LogP contribution in [0.15, 0.2) is 11.4 Å². The fraction of sp³-hybridized carbons (Fsp3) is 0.667. The van der Waals surface area contributed by atoms with E-state index in [1.807, 2.05) is 17.2 Å². The highest BCUT2D eigenvalue weighted by molar-refractivity contribution is 7.12. The van der Waals surface area contributed by atoms with Gasteiger partial charge in [0.25, 0.3) is 5.91 Å². The van der Waals surface area contributed by atoms with Gasteiger partial charge in [-0.25, -0.2) is 0 Å². The molecule has 0 bridgehead atoms. The number of rotatable bonds is 5. The Morgan fingerprint density at radius 2 is 1.88 bits per heavy atom. The van der Waals surface area contributed by atoms with E-state index in [1.165, 1.54) is 18.4 Å². The molecule has 1 N–H and O–H groups in total. The molecule has 3 aliphatic rings. The Bertz CT molecular complexity index is 628. The number of nitrogens with zero attached hydrogens (tertiary/aromatic N) is 2. The normalized spacial score (nSPS) is 23.1. The summed E-state index contributed by atoms with van der Waals surface area (Å²) in [6.45, 7) is 4.94. The van der Waals surface area contributed by atoms with Crippen LogP contribution in [-0.2, 0) is 4.79 Å². The summed E-state index contributed by atoms with van der Waals surface area (Å²) >= 11 is 1.58. The Morgan fingerprint density at radius 1 is 1.17 bits per heavy atom. The van der Waals surface area contributed by atoms with Crippen molar-refractivity contribution in [1.82, 2.24) is 15.1 Å². The molecule has 2 aliphatic carbocycles. The highest BCUT2D eigenvalue weighted by Crippen LogP contribution is 2.43. The first-order chi connectivity index (χ1) is 11.6. The molecule has 1 aromatic heterocycles. The van der Waals surface area contributed by atoms with Gasteiger partial charge in [-0.3, -0.25) is 14.5 Å². The molecule has 130 valence electrons. The van der Waals surface area contributed by atoms with Crippen molar-refractivity contribution >= 4 is 23.2 Å². The van der Waals surface area contributed by atoms with E-state index in [-0.39, 0.29) is 17.9 Å². The molecule has 1 aliphatic heterocycles. The van der Waals surface area contributed by atoms with Crippen molar-refractivity contribution in [3.8, 4) is 0 Å². The van der Waals surface area contributed by atoms with Gasteiger partial charge in [0.05, 0.1) is 10.9 Å². The average Bonchev–Trinajstić information content (AvgIpc) is 3.54. The first kappa shape index (κ1) is 16.1. The van der Waals surface area contributed by atoms with Crippen molar-refractivity contribution < 1.29 is 9.59 Å². The van der Waals surface area contributed by atoms with Gasteiger partial charge < -0.3 is 10.2 Å². The zero-order valence-corrected chi connectivity index (χ0v) is 15.0. The molecule has 1 aromatic rings. The van der Waals surface area contributed by atoms with Crippen LogP contribution in [0.5, 0.6) is 0 Å². The van der Waals surface area contributed by atoms with Crippen molar-refractivity contribution in [1.29, 1.82) is 0 Å². The molecule has 1 atom stereocenters. The highest BCUT2D eigenvalue weighted by Gasteiger charge is 2.33. The van der Waals surface area contributed by atoms with Crippen molar-refractivity contribution in [3.05, 3.63) is 21.9 Å². The van der Waals surface area contributed by atoms with Gasteiger partial charge in [-0.05, 0) is 55.5 Å². The third-order valence-electron chi connectivity index (χ3n) is 5.36. The maximum atomic E-state index is 12.8. The zero-order chi connectivity index (χ0) is 16.7. The molecule has 0 aromatic carbocycles. The first-order valence-electron chi connectivity index (χ1n) is 9.04. The van der Waals surface area contributed by atoms with E-state index in [9.17, 15) is 9.59 Å². The fourth-order valence-electron chi connectivity index (χ4n) is 3.38. The van der Waals surface area contributed by atoms with Gasteiger partial charge in [0.1, 0.15) is 0 Å². The summed E-state index contributed by atoms with van der Waals surface area (Å²) in [5.41, 5.74) is 1.25. The van der Waals surface area contributed by atoms with E-state index in [0.717, 1.165) is 30.8 Å². The largest absolute Gasteiger partial charge is 0.352 e. The predicted molar refractivity (Wildman–Crippen MR) is 94.4 cm³/mol. The van der Waals surface area contributed by atoms with Crippen LogP contribution in [0.4, 0.5) is 0 Å². The minimum absolute atomic E-state index is 0.105. The Balaban J connectivity index is 1.32. The number of amides is 2. The molecule has 2 saturated carbocycles. The van der Waals surface area contributed by atoms with Gasteiger partial charge in [-0.1, -0.05) is 0 Å². The van der Waals surface area contributed by atoms with E-state index in [2.05, 4.69) is 16.3 Å². The maximum absolute atomic E-state index is 12.8. The molecule has 2 heterocycles. The van der Waals surface area contributed by atoms with Gasteiger partial charge in [0.15, 0.2) is 0 Å². The minimum Gasteiger partial charge on any atom is -0.352 e. The van der Waals surface area contributed by atoms with Gasteiger partial charge in [-0.2, -0.15) is 0 Å². The van der Waals surface area contributed by atoms with Crippen LogP contribution in [-0.4, -0.2) is 59.9 Å². The van der Waals surface area contributed by atoms with Gasteiger partial charge in [0.2, 0.25) is 5.91 Å². The fourth-order valence-corrected chi connectivity index (χ4v) is 4.33. The number of hydrogen-bond donors (Lipinski definition) is 1. The second-order valence-electron chi connectivity index (χ2n) is 7.27. The Labute approximate surface area is 147 Å². The monoisotopic (exact) mass is 347 g/mol. The summed E-state index contributed by atoms with van der Waals surface area (Å²) in [6, 6.07) is 2.42. The lowest BCUT2D eigenvalue weighted by Crippen LogP contribution is -2.55. The van der Waals surface area contributed by atoms with Crippen molar-refractivity contribution in [2.75, 3.05) is 26.2 Å². The number of hydrogen-bond acceptors (Lipinski definition) is 4. The summed E-state index contributed by atoms with van der Waals surface area (Å²) < 4.78 is 0. The molecule has 2 amide bonds. The van der Waals surface area contributed by atoms with E-state index >= 15 is 0 Å². The standard InChI is InChI=1S/C18H25N3O2S/c1-12(17(22)19-14-4-5-14)20-7-9-21(10-8-20)18(23)16-15(6-11-24-16)13-2-3-13/h6,11-14H,2-5,7-10H2,1H3,(H,19,22)/t12-/m1/s1. The molecule has 4 rings (SSSR count). The molecular weight excluding hydrogens is 322 g/mol. The van der Waals surface area contributed by atoms with Crippen LogP contribution in [0.1, 0.15) is 53.8 Å². The molecule has 3 fully saturated rings. The van der Waals surface area contributed by atoms with Crippen molar-refractivity contribution in [3.63, 3.8) is 0 Å². The lowest BCUT2D eigenvalue weighted by atomic mass is 10.1. The van der Waals surface area contributed by atoms with Crippen LogP contribution in [0.2, 0.25) is 0 Å². The van der Waals surface area contributed by atoms with Gasteiger partial charge in [-0.15, -0.1) is 11.3 Å². The summed E-state index contributed by atoms with van der Waals surface area (Å²) in [5.74, 6) is 0.927. The summed E-state index contributed by atoms with van der Waals surface area (Å²) in [7, 11) is 0. The van der Waals surface area contributed by atoms with Crippen molar-refractivity contribution in [2.45, 2.75) is 50.6 Å². The maximum Gasteiger partial charge on any atom is 0.264 e. The second kappa shape index (κ2) is 6.48. The van der Waals surface area contributed by atoms with Crippen LogP contribution >= 0.6 is 11.3 Å². The van der Waals surface area contributed by atoms with Crippen molar-refractivity contribution in [2.24, 2.45) is 0 Å². The molecular formula is C18H25N3O2S. The topological polar surface area (TPSA) is 52.7 Å².